The number of piperidine rings is 1. The molecule has 0 aliphatic carbocycles. The van der Waals surface area contributed by atoms with Gasteiger partial charge in [0.15, 0.2) is 6.61 Å². The molecule has 2 aromatic carbocycles. The summed E-state index contributed by atoms with van der Waals surface area (Å²) < 4.78 is 46.3. The molecule has 1 aliphatic rings. The Labute approximate surface area is 191 Å². The van der Waals surface area contributed by atoms with Crippen molar-refractivity contribution in [3.63, 3.8) is 0 Å². The van der Waals surface area contributed by atoms with Crippen LogP contribution in [0.3, 0.4) is 0 Å². The molecule has 1 amide bonds. The van der Waals surface area contributed by atoms with Gasteiger partial charge in [-0.2, -0.15) is 4.31 Å². The van der Waals surface area contributed by atoms with E-state index in [1.807, 2.05) is 0 Å². The molecular weight excluding hydrogens is 459 g/mol. The quantitative estimate of drug-likeness (QED) is 0.566. The highest BCUT2D eigenvalue weighted by Crippen LogP contribution is 2.26. The highest BCUT2D eigenvalue weighted by molar-refractivity contribution is 7.89. The van der Waals surface area contributed by atoms with Gasteiger partial charge in [0.25, 0.3) is 5.91 Å². The summed E-state index contributed by atoms with van der Waals surface area (Å²) in [6, 6.07) is 11.1. The maximum Gasteiger partial charge on any atom is 0.324 e. The van der Waals surface area contributed by atoms with Gasteiger partial charge in [-0.05, 0) is 43.5 Å². The fourth-order valence-electron chi connectivity index (χ4n) is 3.50. The van der Waals surface area contributed by atoms with E-state index in [9.17, 15) is 22.4 Å². The van der Waals surface area contributed by atoms with Crippen LogP contribution in [0.25, 0.3) is 0 Å². The van der Waals surface area contributed by atoms with E-state index in [0.29, 0.717) is 19.3 Å². The van der Waals surface area contributed by atoms with Crippen LogP contribution in [0.15, 0.2) is 53.4 Å². The number of rotatable bonds is 7. The third-order valence-corrected chi connectivity index (χ3v) is 7.57. The standard InChI is InChI=1S/C22H24ClFN2O5S/c1-25(14-17-18(23)10-7-11-19(17)24)21(27)15-31-22(28)20-12-5-6-13-26(20)32(29,30)16-8-3-2-4-9-16/h2-4,7-11,20H,5-6,12-15H2,1H3. The van der Waals surface area contributed by atoms with Gasteiger partial charge in [-0.3, -0.25) is 9.59 Å². The number of esters is 1. The number of carbonyl (C=O) groups excluding carboxylic acids is 2. The van der Waals surface area contributed by atoms with Crippen molar-refractivity contribution in [3.05, 3.63) is 64.9 Å². The average Bonchev–Trinajstić information content (AvgIpc) is 2.80. The zero-order valence-electron chi connectivity index (χ0n) is 17.5. The molecule has 172 valence electrons. The molecule has 1 saturated heterocycles. The number of halogens is 2. The average molecular weight is 483 g/mol. The van der Waals surface area contributed by atoms with Gasteiger partial charge in [0.2, 0.25) is 10.0 Å². The summed E-state index contributed by atoms with van der Waals surface area (Å²) in [5.74, 6) is -1.89. The second-order valence-electron chi connectivity index (χ2n) is 7.50. The van der Waals surface area contributed by atoms with Crippen molar-refractivity contribution in [3.8, 4) is 0 Å². The van der Waals surface area contributed by atoms with Crippen LogP contribution in [0.4, 0.5) is 4.39 Å². The maximum atomic E-state index is 14.0. The minimum atomic E-state index is -3.88. The predicted octanol–water partition coefficient (Wildman–Crippen LogP) is 3.22. The van der Waals surface area contributed by atoms with E-state index in [0.717, 1.165) is 4.31 Å². The number of benzene rings is 2. The largest absolute Gasteiger partial charge is 0.454 e. The Balaban J connectivity index is 1.64. The van der Waals surface area contributed by atoms with Gasteiger partial charge in [0.05, 0.1) is 4.90 Å². The van der Waals surface area contributed by atoms with Gasteiger partial charge in [-0.1, -0.05) is 35.9 Å². The number of sulfonamides is 1. The number of hydrogen-bond acceptors (Lipinski definition) is 5. The van der Waals surface area contributed by atoms with E-state index in [-0.39, 0.29) is 28.6 Å². The molecule has 10 heteroatoms. The maximum absolute atomic E-state index is 14.0. The van der Waals surface area contributed by atoms with Gasteiger partial charge < -0.3 is 9.64 Å². The molecule has 1 aliphatic heterocycles. The first kappa shape index (κ1) is 24.2. The van der Waals surface area contributed by atoms with Crippen LogP contribution in [-0.4, -0.2) is 55.7 Å². The molecular formula is C22H24ClFN2O5S. The van der Waals surface area contributed by atoms with Gasteiger partial charge in [0, 0.05) is 30.7 Å². The molecule has 1 atom stereocenters. The lowest BCUT2D eigenvalue weighted by Gasteiger charge is -2.33. The first-order chi connectivity index (χ1) is 15.2. The third kappa shape index (κ3) is 5.46. The Kier molecular flexibility index (Phi) is 7.86. The van der Waals surface area contributed by atoms with Crippen molar-refractivity contribution < 1.29 is 27.1 Å². The van der Waals surface area contributed by atoms with Gasteiger partial charge >= 0.3 is 5.97 Å². The molecule has 32 heavy (non-hydrogen) atoms. The summed E-state index contributed by atoms with van der Waals surface area (Å²) in [7, 11) is -2.44. The lowest BCUT2D eigenvalue weighted by Crippen LogP contribution is -2.49. The van der Waals surface area contributed by atoms with E-state index in [4.69, 9.17) is 16.3 Å². The van der Waals surface area contributed by atoms with Crippen molar-refractivity contribution >= 4 is 33.5 Å². The van der Waals surface area contributed by atoms with Crippen molar-refractivity contribution in [2.45, 2.75) is 36.7 Å². The summed E-state index contributed by atoms with van der Waals surface area (Å²) in [6.45, 7) is -0.492. The third-order valence-electron chi connectivity index (χ3n) is 5.30. The second-order valence-corrected chi connectivity index (χ2v) is 9.80. The molecule has 0 aromatic heterocycles. The molecule has 1 heterocycles. The van der Waals surface area contributed by atoms with Gasteiger partial charge in [-0.25, -0.2) is 12.8 Å². The molecule has 3 rings (SSSR count). The van der Waals surface area contributed by atoms with Crippen LogP contribution in [0.2, 0.25) is 5.02 Å². The van der Waals surface area contributed by atoms with E-state index < -0.39 is 40.4 Å². The highest BCUT2D eigenvalue weighted by Gasteiger charge is 2.38. The minimum Gasteiger partial charge on any atom is -0.454 e. The lowest BCUT2D eigenvalue weighted by atomic mass is 10.1. The summed E-state index contributed by atoms with van der Waals surface area (Å²) in [4.78, 5) is 26.4. The molecule has 1 unspecified atom stereocenters. The first-order valence-corrected chi connectivity index (χ1v) is 11.9. The lowest BCUT2D eigenvalue weighted by molar-refractivity contribution is -0.155. The van der Waals surface area contributed by atoms with Gasteiger partial charge in [0.1, 0.15) is 11.9 Å². The van der Waals surface area contributed by atoms with Crippen LogP contribution in [0.5, 0.6) is 0 Å². The van der Waals surface area contributed by atoms with Crippen LogP contribution in [0, 0.1) is 5.82 Å². The molecule has 0 bridgehead atoms. The summed E-state index contributed by atoms with van der Waals surface area (Å²) in [5, 5.41) is 0.186. The van der Waals surface area contributed by atoms with Crippen LogP contribution < -0.4 is 0 Å². The Bertz CT molecular complexity index is 1060. The summed E-state index contributed by atoms with van der Waals surface area (Å²) in [5.41, 5.74) is 0.156. The molecule has 0 spiro atoms. The van der Waals surface area contributed by atoms with Crippen LogP contribution in [-0.2, 0) is 30.9 Å². The Hall–Kier alpha value is -2.49. The zero-order valence-corrected chi connectivity index (χ0v) is 19.1. The highest BCUT2D eigenvalue weighted by atomic mass is 35.5. The molecule has 1 fully saturated rings. The van der Waals surface area contributed by atoms with Crippen molar-refractivity contribution in [2.24, 2.45) is 0 Å². The zero-order chi connectivity index (χ0) is 23.3. The number of hydrogen-bond donors (Lipinski definition) is 0. The SMILES string of the molecule is CN(Cc1c(F)cccc1Cl)C(=O)COC(=O)C1CCCCN1S(=O)(=O)c1ccccc1. The predicted molar refractivity (Wildman–Crippen MR) is 117 cm³/mol. The molecule has 7 nitrogen and oxygen atoms in total. The molecule has 2 aromatic rings. The molecule has 0 radical (unpaired) electrons. The van der Waals surface area contributed by atoms with Crippen molar-refractivity contribution in [1.29, 1.82) is 0 Å². The van der Waals surface area contributed by atoms with E-state index >= 15 is 0 Å². The fourth-order valence-corrected chi connectivity index (χ4v) is 5.39. The van der Waals surface area contributed by atoms with Crippen LogP contribution >= 0.6 is 11.6 Å². The van der Waals surface area contributed by atoms with E-state index in [1.54, 1.807) is 18.2 Å². The molecule has 0 saturated carbocycles. The Morgan fingerprint density at radius 1 is 1.16 bits per heavy atom. The number of ether oxygens (including phenoxy) is 1. The Morgan fingerprint density at radius 2 is 1.88 bits per heavy atom. The van der Waals surface area contributed by atoms with Crippen molar-refractivity contribution in [2.75, 3.05) is 20.2 Å². The summed E-state index contributed by atoms with van der Waals surface area (Å²) >= 11 is 5.99. The monoisotopic (exact) mass is 482 g/mol. The summed E-state index contributed by atoms with van der Waals surface area (Å²) in [6.07, 6.45) is 1.60. The number of nitrogens with zero attached hydrogens (tertiary/aromatic N) is 2. The second kappa shape index (κ2) is 10.4. The number of likely N-dealkylation sites (N-methyl/N-ethyl adjacent to an activating group) is 1. The minimum absolute atomic E-state index is 0.0947. The van der Waals surface area contributed by atoms with E-state index in [2.05, 4.69) is 0 Å². The normalized spacial score (nSPS) is 17.0. The smallest absolute Gasteiger partial charge is 0.324 e. The van der Waals surface area contributed by atoms with E-state index in [1.165, 1.54) is 42.3 Å². The number of carbonyl (C=O) groups is 2. The molecule has 0 N–H and O–H groups in total. The number of amides is 1. The van der Waals surface area contributed by atoms with Gasteiger partial charge in [-0.15, -0.1) is 0 Å². The fraction of sp³-hybridized carbons (Fsp3) is 0.364. The first-order valence-electron chi connectivity index (χ1n) is 10.1. The topological polar surface area (TPSA) is 84.0 Å². The van der Waals surface area contributed by atoms with Crippen LogP contribution in [0.1, 0.15) is 24.8 Å². The Morgan fingerprint density at radius 3 is 2.56 bits per heavy atom. The van der Waals surface area contributed by atoms with Crippen molar-refractivity contribution in [1.82, 2.24) is 9.21 Å².